The van der Waals surface area contributed by atoms with E-state index < -0.39 is 23.2 Å². The number of ether oxygens (including phenoxy) is 2. The topological polar surface area (TPSA) is 76.7 Å². The van der Waals surface area contributed by atoms with E-state index in [4.69, 9.17) is 9.47 Å². The molecule has 0 aliphatic carbocycles. The number of benzene rings is 2. The first-order valence-corrected chi connectivity index (χ1v) is 10.0. The van der Waals surface area contributed by atoms with Crippen molar-refractivity contribution in [2.45, 2.75) is 38.5 Å². The smallest absolute Gasteiger partial charge is 0.416 e. The van der Waals surface area contributed by atoms with Crippen LogP contribution in [0.15, 0.2) is 42.5 Å². The monoisotopic (exact) mass is 446 g/mol. The van der Waals surface area contributed by atoms with Gasteiger partial charge in [0, 0.05) is 17.3 Å². The highest BCUT2D eigenvalue weighted by molar-refractivity contribution is 6.05. The Labute approximate surface area is 182 Å². The van der Waals surface area contributed by atoms with Crippen molar-refractivity contribution in [3.63, 3.8) is 0 Å². The molecule has 2 aliphatic heterocycles. The summed E-state index contributed by atoms with van der Waals surface area (Å²) in [4.78, 5) is 24.7. The molecule has 0 fully saturated rings. The molecule has 0 saturated heterocycles. The molecule has 0 atom stereocenters. The quantitative estimate of drug-likeness (QED) is 0.636. The Kier molecular flexibility index (Phi) is 5.36. The van der Waals surface area contributed by atoms with Gasteiger partial charge in [0.05, 0.1) is 17.9 Å². The Bertz CT molecular complexity index is 1120. The molecular weight excluding hydrogens is 425 g/mol. The van der Waals surface area contributed by atoms with E-state index in [9.17, 15) is 22.8 Å². The predicted octanol–water partition coefficient (Wildman–Crippen LogP) is 5.01. The van der Waals surface area contributed by atoms with E-state index in [2.05, 4.69) is 10.6 Å². The van der Waals surface area contributed by atoms with Crippen molar-refractivity contribution >= 4 is 28.8 Å². The molecular formula is C23H21F3N2O4. The van der Waals surface area contributed by atoms with E-state index in [0.29, 0.717) is 41.1 Å². The fourth-order valence-electron chi connectivity index (χ4n) is 3.54. The van der Waals surface area contributed by atoms with Crippen molar-refractivity contribution in [2.24, 2.45) is 0 Å². The molecule has 32 heavy (non-hydrogen) atoms. The van der Waals surface area contributed by atoms with E-state index in [1.165, 1.54) is 12.1 Å². The molecule has 0 radical (unpaired) electrons. The van der Waals surface area contributed by atoms with E-state index >= 15 is 0 Å². The highest BCUT2D eigenvalue weighted by Gasteiger charge is 2.35. The third-order valence-electron chi connectivity index (χ3n) is 5.22. The second kappa shape index (κ2) is 7.89. The molecule has 0 saturated carbocycles. The number of amides is 2. The summed E-state index contributed by atoms with van der Waals surface area (Å²) in [7, 11) is 0. The van der Waals surface area contributed by atoms with Crippen LogP contribution in [0.5, 0.6) is 11.5 Å². The van der Waals surface area contributed by atoms with Gasteiger partial charge in [0.2, 0.25) is 5.91 Å². The minimum absolute atomic E-state index is 0.104. The lowest BCUT2D eigenvalue weighted by molar-refractivity contribution is -0.137. The Morgan fingerprint density at radius 2 is 1.94 bits per heavy atom. The molecule has 2 amide bonds. The Morgan fingerprint density at radius 1 is 1.16 bits per heavy atom. The number of hydrogen-bond donors (Lipinski definition) is 2. The molecule has 9 heteroatoms. The van der Waals surface area contributed by atoms with Crippen molar-refractivity contribution in [3.8, 4) is 11.5 Å². The first-order chi connectivity index (χ1) is 15.0. The number of hydrogen-bond acceptors (Lipinski definition) is 4. The second-order valence-electron chi connectivity index (χ2n) is 8.10. The standard InChI is InChI=1S/C23H21F3N2O4/c1-22(2)21(30)28-17-12-15(6-8-18(17)32-22)27-20(29)10-13-4-3-9-31-19-11-14(23(24,25)26)5-7-16(13)19/h5-8,10-12H,3-4,9H2,1-2H3,(H,27,29)(H,28,30). The van der Waals surface area contributed by atoms with Crippen molar-refractivity contribution in [3.05, 3.63) is 53.6 Å². The molecule has 0 bridgehead atoms. The normalized spacial score (nSPS) is 18.4. The summed E-state index contributed by atoms with van der Waals surface area (Å²) in [5.41, 5.74) is 0.116. The maximum Gasteiger partial charge on any atom is 0.416 e. The lowest BCUT2D eigenvalue weighted by Crippen LogP contribution is -2.45. The van der Waals surface area contributed by atoms with Gasteiger partial charge in [0.15, 0.2) is 5.60 Å². The van der Waals surface area contributed by atoms with E-state index in [1.807, 2.05) is 0 Å². The minimum atomic E-state index is -4.48. The fraction of sp³-hybridized carbons (Fsp3) is 0.304. The van der Waals surface area contributed by atoms with Gasteiger partial charge in [-0.3, -0.25) is 9.59 Å². The van der Waals surface area contributed by atoms with Crippen LogP contribution in [0.1, 0.15) is 37.8 Å². The first-order valence-electron chi connectivity index (χ1n) is 10.0. The van der Waals surface area contributed by atoms with Gasteiger partial charge in [-0.15, -0.1) is 0 Å². The van der Waals surface area contributed by atoms with Gasteiger partial charge in [-0.1, -0.05) is 6.07 Å². The first kappa shape index (κ1) is 21.7. The third-order valence-corrected chi connectivity index (χ3v) is 5.22. The van der Waals surface area contributed by atoms with Crippen molar-refractivity contribution in [1.82, 2.24) is 0 Å². The summed E-state index contributed by atoms with van der Waals surface area (Å²) in [6, 6.07) is 8.14. The third kappa shape index (κ3) is 4.42. The number of anilines is 2. The number of carbonyl (C=O) groups is 2. The minimum Gasteiger partial charge on any atom is -0.493 e. The summed E-state index contributed by atoms with van der Waals surface area (Å²) < 4.78 is 50.2. The van der Waals surface area contributed by atoms with E-state index in [-0.39, 0.29) is 18.3 Å². The summed E-state index contributed by atoms with van der Waals surface area (Å²) in [5, 5.41) is 5.46. The summed E-state index contributed by atoms with van der Waals surface area (Å²) in [6.45, 7) is 3.56. The van der Waals surface area contributed by atoms with Gasteiger partial charge < -0.3 is 20.1 Å². The molecule has 2 N–H and O–H groups in total. The molecule has 2 aromatic carbocycles. The summed E-state index contributed by atoms with van der Waals surface area (Å²) in [6.07, 6.45) is -2.08. The molecule has 2 aliphatic rings. The molecule has 0 unspecified atom stereocenters. The van der Waals surface area contributed by atoms with Crippen LogP contribution < -0.4 is 20.1 Å². The lowest BCUT2D eigenvalue weighted by Gasteiger charge is -2.31. The highest BCUT2D eigenvalue weighted by Crippen LogP contribution is 2.38. The van der Waals surface area contributed by atoms with Crippen molar-refractivity contribution < 1.29 is 32.2 Å². The van der Waals surface area contributed by atoms with Gasteiger partial charge in [0.1, 0.15) is 11.5 Å². The van der Waals surface area contributed by atoms with Crippen LogP contribution in [0.3, 0.4) is 0 Å². The SMILES string of the molecule is CC1(C)Oc2ccc(NC(=O)C=C3CCCOc4cc(C(F)(F)F)ccc43)cc2NC1=O. The zero-order valence-electron chi connectivity index (χ0n) is 17.4. The molecule has 0 spiro atoms. The van der Waals surface area contributed by atoms with Crippen LogP contribution in [0.25, 0.3) is 5.57 Å². The highest BCUT2D eigenvalue weighted by atomic mass is 19.4. The summed E-state index contributed by atoms with van der Waals surface area (Å²) in [5.74, 6) is -0.158. The maximum atomic E-state index is 13.0. The maximum absolute atomic E-state index is 13.0. The zero-order valence-corrected chi connectivity index (χ0v) is 17.4. The van der Waals surface area contributed by atoms with E-state index in [1.54, 1.807) is 32.0 Å². The number of nitrogens with one attached hydrogen (secondary N) is 2. The zero-order chi connectivity index (χ0) is 23.1. The Balaban J connectivity index is 1.56. The Hall–Kier alpha value is -3.49. The van der Waals surface area contributed by atoms with Crippen LogP contribution >= 0.6 is 0 Å². The van der Waals surface area contributed by atoms with Crippen LogP contribution in [-0.4, -0.2) is 24.0 Å². The summed E-state index contributed by atoms with van der Waals surface area (Å²) >= 11 is 0. The Morgan fingerprint density at radius 3 is 2.69 bits per heavy atom. The van der Waals surface area contributed by atoms with Gasteiger partial charge in [-0.2, -0.15) is 13.2 Å². The number of rotatable bonds is 2. The fourth-order valence-corrected chi connectivity index (χ4v) is 3.54. The molecule has 6 nitrogen and oxygen atoms in total. The van der Waals surface area contributed by atoms with Gasteiger partial charge in [0.25, 0.3) is 5.91 Å². The average Bonchev–Trinajstić information content (AvgIpc) is 2.90. The lowest BCUT2D eigenvalue weighted by atomic mass is 9.99. The van der Waals surface area contributed by atoms with Crippen molar-refractivity contribution in [1.29, 1.82) is 0 Å². The van der Waals surface area contributed by atoms with Crippen LogP contribution in [0, 0.1) is 0 Å². The molecule has 2 aromatic rings. The predicted molar refractivity (Wildman–Crippen MR) is 113 cm³/mol. The largest absolute Gasteiger partial charge is 0.493 e. The second-order valence-corrected chi connectivity index (χ2v) is 8.10. The number of allylic oxidation sites excluding steroid dienone is 1. The van der Waals surface area contributed by atoms with Gasteiger partial charge in [-0.25, -0.2) is 0 Å². The molecule has 4 rings (SSSR count). The molecule has 168 valence electrons. The van der Waals surface area contributed by atoms with E-state index in [0.717, 1.165) is 12.1 Å². The molecule has 0 aromatic heterocycles. The van der Waals surface area contributed by atoms with Crippen LogP contribution in [-0.2, 0) is 15.8 Å². The van der Waals surface area contributed by atoms with Crippen LogP contribution in [0.2, 0.25) is 0 Å². The van der Waals surface area contributed by atoms with Crippen LogP contribution in [0.4, 0.5) is 24.5 Å². The van der Waals surface area contributed by atoms with Gasteiger partial charge >= 0.3 is 6.18 Å². The van der Waals surface area contributed by atoms with Crippen molar-refractivity contribution in [2.75, 3.05) is 17.2 Å². The van der Waals surface area contributed by atoms with Gasteiger partial charge in [-0.05, 0) is 62.6 Å². The average molecular weight is 446 g/mol. The number of alkyl halides is 3. The number of halogens is 3. The molecule has 2 heterocycles. The number of fused-ring (bicyclic) bond motifs is 2. The number of carbonyl (C=O) groups excluding carboxylic acids is 2.